The maximum absolute atomic E-state index is 5.62. The quantitative estimate of drug-likeness (QED) is 0.235. The smallest absolute Gasteiger partial charge is 0.162 e. The van der Waals surface area contributed by atoms with Crippen LogP contribution in [-0.2, 0) is 11.3 Å². The Kier molecular flexibility index (Phi) is 7.89. The van der Waals surface area contributed by atoms with Crippen molar-refractivity contribution in [2.45, 2.75) is 19.4 Å². The van der Waals surface area contributed by atoms with E-state index < -0.39 is 0 Å². The van der Waals surface area contributed by atoms with Crippen LogP contribution in [0.1, 0.15) is 17.7 Å². The van der Waals surface area contributed by atoms with Crippen molar-refractivity contribution in [1.82, 2.24) is 24.2 Å². The first-order valence-electron chi connectivity index (χ1n) is 12.3. The molecule has 1 aromatic carbocycles. The Morgan fingerprint density at radius 2 is 1.97 bits per heavy atom. The highest BCUT2D eigenvalue weighted by Gasteiger charge is 2.21. The molecule has 0 bridgehead atoms. The van der Waals surface area contributed by atoms with Gasteiger partial charge in [-0.3, -0.25) is 0 Å². The molecule has 186 valence electrons. The minimum Gasteiger partial charge on any atom is -0.378 e. The Morgan fingerprint density at radius 1 is 1.11 bits per heavy atom. The number of anilines is 1. The molecular formula is C26H34N6OS2. The van der Waals surface area contributed by atoms with E-state index in [1.165, 1.54) is 22.4 Å². The molecule has 0 saturated carbocycles. The maximum atomic E-state index is 5.62. The number of thiophene rings is 1. The van der Waals surface area contributed by atoms with Crippen molar-refractivity contribution >= 4 is 50.2 Å². The molecular weight excluding hydrogens is 476 g/mol. The molecule has 0 radical (unpaired) electrons. The highest BCUT2D eigenvalue weighted by Crippen LogP contribution is 2.36. The summed E-state index contributed by atoms with van der Waals surface area (Å²) in [5.41, 5.74) is 3.21. The fourth-order valence-electron chi connectivity index (χ4n) is 4.45. The third-order valence-corrected chi connectivity index (χ3v) is 8.39. The monoisotopic (exact) mass is 510 g/mol. The summed E-state index contributed by atoms with van der Waals surface area (Å²) in [6, 6.07) is 10.6. The van der Waals surface area contributed by atoms with E-state index in [0.29, 0.717) is 0 Å². The molecule has 9 heteroatoms. The van der Waals surface area contributed by atoms with Crippen molar-refractivity contribution in [3.05, 3.63) is 41.4 Å². The number of ether oxygens (including phenoxy) is 1. The van der Waals surface area contributed by atoms with Gasteiger partial charge in [0.15, 0.2) is 11.6 Å². The van der Waals surface area contributed by atoms with E-state index in [2.05, 4.69) is 70.6 Å². The van der Waals surface area contributed by atoms with E-state index >= 15 is 0 Å². The fraction of sp³-hybridized carbons (Fsp3) is 0.462. The molecule has 0 aliphatic carbocycles. The number of benzene rings is 1. The molecule has 35 heavy (non-hydrogen) atoms. The predicted molar refractivity (Wildman–Crippen MR) is 149 cm³/mol. The Balaban J connectivity index is 1.41. The second kappa shape index (κ2) is 11.3. The lowest BCUT2D eigenvalue weighted by Crippen LogP contribution is -2.36. The van der Waals surface area contributed by atoms with Gasteiger partial charge in [0.25, 0.3) is 0 Å². The Bertz CT molecular complexity index is 1260. The number of hydrogen-bond donors (Lipinski definition) is 1. The van der Waals surface area contributed by atoms with Crippen LogP contribution in [0, 0.1) is 0 Å². The van der Waals surface area contributed by atoms with E-state index in [-0.39, 0.29) is 0 Å². The molecule has 0 atom stereocenters. The Hall–Kier alpha value is -2.17. The first-order chi connectivity index (χ1) is 17.1. The number of morpholine rings is 1. The molecule has 4 heterocycles. The van der Waals surface area contributed by atoms with Gasteiger partial charge in [-0.15, -0.1) is 11.3 Å². The zero-order valence-electron chi connectivity index (χ0n) is 20.8. The number of nitrogens with zero attached hydrogens (tertiary/aromatic N) is 5. The van der Waals surface area contributed by atoms with E-state index in [4.69, 9.17) is 14.7 Å². The lowest BCUT2D eigenvalue weighted by atomic mass is 10.1. The summed E-state index contributed by atoms with van der Waals surface area (Å²) in [4.78, 5) is 19.4. The third-order valence-electron chi connectivity index (χ3n) is 6.24. The van der Waals surface area contributed by atoms with Gasteiger partial charge >= 0.3 is 0 Å². The first kappa shape index (κ1) is 24.5. The van der Waals surface area contributed by atoms with Crippen LogP contribution in [0.5, 0.6) is 0 Å². The molecule has 1 aliphatic heterocycles. The van der Waals surface area contributed by atoms with E-state index in [0.717, 1.165) is 78.8 Å². The zero-order valence-corrected chi connectivity index (χ0v) is 22.4. The number of nitrogens with one attached hydrogen (secondary N) is 1. The molecule has 0 amide bonds. The number of rotatable bonds is 10. The van der Waals surface area contributed by atoms with Gasteiger partial charge in [-0.2, -0.15) is 0 Å². The summed E-state index contributed by atoms with van der Waals surface area (Å²) < 4.78 is 9.15. The van der Waals surface area contributed by atoms with Crippen molar-refractivity contribution in [1.29, 1.82) is 0 Å². The van der Waals surface area contributed by atoms with Crippen molar-refractivity contribution in [3.63, 3.8) is 0 Å². The summed E-state index contributed by atoms with van der Waals surface area (Å²) in [5.74, 6) is 2.98. The minimum absolute atomic E-state index is 0.736. The number of H-pyrrole nitrogens is 1. The molecule has 1 fully saturated rings. The lowest BCUT2D eigenvalue weighted by Gasteiger charge is -2.28. The Morgan fingerprint density at radius 3 is 2.80 bits per heavy atom. The van der Waals surface area contributed by atoms with E-state index in [9.17, 15) is 0 Å². The molecule has 7 nitrogen and oxygen atoms in total. The van der Waals surface area contributed by atoms with Crippen molar-refractivity contribution < 1.29 is 4.74 Å². The second-order valence-electron chi connectivity index (χ2n) is 9.27. The van der Waals surface area contributed by atoms with Gasteiger partial charge in [0.1, 0.15) is 0 Å². The predicted octanol–water partition coefficient (Wildman–Crippen LogP) is 5.10. The summed E-state index contributed by atoms with van der Waals surface area (Å²) in [6.07, 6.45) is 4.46. The van der Waals surface area contributed by atoms with Gasteiger partial charge in [-0.05, 0) is 58.7 Å². The summed E-state index contributed by atoms with van der Waals surface area (Å²) in [7, 11) is 6.46. The molecule has 1 N–H and O–H groups in total. The number of hydrogen-bond acceptors (Lipinski definition) is 8. The van der Waals surface area contributed by atoms with Crippen LogP contribution in [0.2, 0.25) is 0 Å². The van der Waals surface area contributed by atoms with Gasteiger partial charge in [-0.25, -0.2) is 14.3 Å². The maximum Gasteiger partial charge on any atom is 0.162 e. The number of aromatic amines is 1. The van der Waals surface area contributed by atoms with Crippen LogP contribution in [-0.4, -0.2) is 83.9 Å². The molecule has 1 saturated heterocycles. The van der Waals surface area contributed by atoms with Crippen LogP contribution < -0.4 is 4.90 Å². The van der Waals surface area contributed by atoms with E-state index in [1.54, 1.807) is 0 Å². The normalized spacial score (nSPS) is 14.7. The SMILES string of the molecule is CN(C)CCCCSN(C)Cc1cc2nc(-c3cccc4[nH]ccc34)nc(N3CCOCC3)c2s1. The summed E-state index contributed by atoms with van der Waals surface area (Å²) in [6.45, 7) is 5.25. The minimum atomic E-state index is 0.736. The molecule has 3 aromatic heterocycles. The standard InChI is InChI=1S/C26H34N6OS2/c1-30(2)11-4-5-16-34-31(3)18-19-17-23-24(35-19)26(32-12-14-33-15-13-32)29-25(28-23)21-7-6-8-22-20(21)9-10-27-22/h6-10,17,27H,4-5,11-16,18H2,1-3H3. The summed E-state index contributed by atoms with van der Waals surface area (Å²) >= 11 is 3.75. The fourth-order valence-corrected chi connectivity index (χ4v) is 6.57. The average molecular weight is 511 g/mol. The van der Waals surface area contributed by atoms with Crippen molar-refractivity contribution in [2.24, 2.45) is 0 Å². The van der Waals surface area contributed by atoms with Gasteiger partial charge in [0.05, 0.1) is 23.4 Å². The van der Waals surface area contributed by atoms with Crippen LogP contribution in [0.3, 0.4) is 0 Å². The molecule has 5 rings (SSSR count). The van der Waals surface area contributed by atoms with Crippen molar-refractivity contribution in [3.8, 4) is 11.4 Å². The zero-order chi connectivity index (χ0) is 24.2. The van der Waals surface area contributed by atoms with Crippen LogP contribution in [0.4, 0.5) is 5.82 Å². The molecule has 4 aromatic rings. The topological polar surface area (TPSA) is 60.5 Å². The second-order valence-corrected chi connectivity index (χ2v) is 11.7. The first-order valence-corrected chi connectivity index (χ1v) is 14.0. The highest BCUT2D eigenvalue weighted by atomic mass is 32.2. The lowest BCUT2D eigenvalue weighted by molar-refractivity contribution is 0.122. The van der Waals surface area contributed by atoms with Gasteiger partial charge in [0.2, 0.25) is 0 Å². The van der Waals surface area contributed by atoms with Crippen LogP contribution in [0.15, 0.2) is 36.5 Å². The van der Waals surface area contributed by atoms with Crippen LogP contribution in [0.25, 0.3) is 32.5 Å². The molecule has 1 aliphatic rings. The van der Waals surface area contributed by atoms with Gasteiger partial charge in [-0.1, -0.05) is 24.1 Å². The Labute approximate surface area is 215 Å². The number of aromatic nitrogens is 3. The van der Waals surface area contributed by atoms with Gasteiger partial charge < -0.3 is 19.5 Å². The highest BCUT2D eigenvalue weighted by molar-refractivity contribution is 7.96. The third kappa shape index (κ3) is 5.81. The largest absolute Gasteiger partial charge is 0.378 e. The van der Waals surface area contributed by atoms with E-state index in [1.807, 2.05) is 29.5 Å². The number of unbranched alkanes of at least 4 members (excludes halogenated alkanes) is 1. The average Bonchev–Trinajstić information content (AvgIpc) is 3.50. The molecule has 0 unspecified atom stereocenters. The summed E-state index contributed by atoms with van der Waals surface area (Å²) in [5, 5.41) is 1.15. The number of fused-ring (bicyclic) bond motifs is 2. The van der Waals surface area contributed by atoms with Crippen molar-refractivity contribution in [2.75, 3.05) is 64.6 Å². The molecule has 0 spiro atoms. The van der Waals surface area contributed by atoms with Gasteiger partial charge in [0, 0.05) is 52.9 Å². The van der Waals surface area contributed by atoms with Crippen LogP contribution >= 0.6 is 23.3 Å².